The van der Waals surface area contributed by atoms with E-state index in [4.69, 9.17) is 4.74 Å². The molecular weight excluding hydrogens is 270 g/mol. The molecule has 1 aliphatic heterocycles. The first kappa shape index (κ1) is 14.7. The van der Waals surface area contributed by atoms with Crippen molar-refractivity contribution in [1.82, 2.24) is 0 Å². The molecule has 1 heterocycles. The Morgan fingerprint density at radius 2 is 2.06 bits per heavy atom. The predicted molar refractivity (Wildman–Crippen MR) is 65.4 cm³/mol. The fourth-order valence-corrected chi connectivity index (χ4v) is 1.60. The van der Waals surface area contributed by atoms with Crippen LogP contribution >= 0.6 is 0 Å². The third-order valence-electron chi connectivity index (χ3n) is 2.47. The van der Waals surface area contributed by atoms with Gasteiger partial charge in [0.1, 0.15) is 5.76 Å². The SMILES string of the molecule is [Fe+2].[O-]C1=C(OC2=NCCC2)C=CC1.c1cc[cH-]c1. The van der Waals surface area contributed by atoms with Crippen molar-refractivity contribution >= 4 is 5.90 Å². The molecule has 18 heavy (non-hydrogen) atoms. The maximum atomic E-state index is 11.1. The molecule has 3 rings (SSSR count). The largest absolute Gasteiger partial charge is 2.00 e. The molecule has 96 valence electrons. The number of aliphatic imine (C=N–C) groups is 1. The average Bonchev–Trinajstić information content (AvgIpc) is 3.05. The molecule has 0 radical (unpaired) electrons. The van der Waals surface area contributed by atoms with Crippen molar-refractivity contribution in [2.75, 3.05) is 6.54 Å². The van der Waals surface area contributed by atoms with Gasteiger partial charge in [-0.3, -0.25) is 4.99 Å². The van der Waals surface area contributed by atoms with Gasteiger partial charge in [0, 0.05) is 13.0 Å². The standard InChI is InChI=1S/C9H11NO2.C5H5.Fe/c11-7-3-1-4-8(7)12-9-5-2-6-10-9;1-2-4-5-3-1;/h1,4,11H,2-3,5-6H2;1-5H;/q;-1;+2/p-1. The van der Waals surface area contributed by atoms with E-state index in [0.29, 0.717) is 18.1 Å². The molecular formula is C14H15FeNO2. The first-order valence-electron chi connectivity index (χ1n) is 5.81. The summed E-state index contributed by atoms with van der Waals surface area (Å²) in [6.07, 6.45) is 5.92. The van der Waals surface area contributed by atoms with Gasteiger partial charge in [0.05, 0.1) is 0 Å². The Morgan fingerprint density at radius 1 is 1.28 bits per heavy atom. The summed E-state index contributed by atoms with van der Waals surface area (Å²) in [6, 6.07) is 10.0. The first-order valence-corrected chi connectivity index (χ1v) is 5.81. The first-order chi connectivity index (χ1) is 8.36. The summed E-state index contributed by atoms with van der Waals surface area (Å²) in [6.45, 7) is 0.834. The third-order valence-corrected chi connectivity index (χ3v) is 2.47. The topological polar surface area (TPSA) is 44.6 Å². The van der Waals surface area contributed by atoms with Crippen LogP contribution in [0.2, 0.25) is 0 Å². The van der Waals surface area contributed by atoms with Crippen LogP contribution in [0.5, 0.6) is 0 Å². The Kier molecular flexibility index (Phi) is 6.40. The predicted octanol–water partition coefficient (Wildman–Crippen LogP) is 2.13. The van der Waals surface area contributed by atoms with Crippen molar-refractivity contribution < 1.29 is 26.9 Å². The molecule has 0 fully saturated rings. The van der Waals surface area contributed by atoms with Crippen LogP contribution in [0.15, 0.2) is 59.0 Å². The third kappa shape index (κ3) is 4.47. The molecule has 0 N–H and O–H groups in total. The van der Waals surface area contributed by atoms with Crippen LogP contribution in [0.25, 0.3) is 0 Å². The molecule has 0 saturated heterocycles. The van der Waals surface area contributed by atoms with Crippen molar-refractivity contribution in [2.24, 2.45) is 4.99 Å². The van der Waals surface area contributed by atoms with Gasteiger partial charge in [-0.15, -0.1) is 0 Å². The van der Waals surface area contributed by atoms with E-state index in [2.05, 4.69) is 4.99 Å². The summed E-state index contributed by atoms with van der Waals surface area (Å²) in [5.74, 6) is 1.23. The minimum absolute atomic E-state index is 0. The van der Waals surface area contributed by atoms with E-state index in [1.165, 1.54) is 0 Å². The van der Waals surface area contributed by atoms with E-state index in [1.54, 1.807) is 6.08 Å². The van der Waals surface area contributed by atoms with Crippen molar-refractivity contribution in [1.29, 1.82) is 0 Å². The maximum Gasteiger partial charge on any atom is 2.00 e. The number of hydrogen-bond donors (Lipinski definition) is 0. The number of ether oxygens (including phenoxy) is 1. The summed E-state index contributed by atoms with van der Waals surface area (Å²) in [5.41, 5.74) is 0. The molecule has 3 nitrogen and oxygen atoms in total. The van der Waals surface area contributed by atoms with Gasteiger partial charge in [-0.2, -0.15) is 18.2 Å². The Bertz CT molecular complexity index is 415. The molecule has 0 bridgehead atoms. The number of allylic oxidation sites excluding steroid dienone is 2. The van der Waals surface area contributed by atoms with Crippen LogP contribution in [0, 0.1) is 0 Å². The second-order valence-corrected chi connectivity index (χ2v) is 3.84. The second-order valence-electron chi connectivity index (χ2n) is 3.84. The van der Waals surface area contributed by atoms with Gasteiger partial charge in [0.15, 0.2) is 5.90 Å². The average molecular weight is 285 g/mol. The van der Waals surface area contributed by atoms with Crippen LogP contribution < -0.4 is 5.11 Å². The monoisotopic (exact) mass is 285 g/mol. The van der Waals surface area contributed by atoms with Gasteiger partial charge in [0.25, 0.3) is 0 Å². The number of rotatable bonds is 1. The van der Waals surface area contributed by atoms with Gasteiger partial charge in [-0.1, -0.05) is 11.8 Å². The van der Waals surface area contributed by atoms with Crippen LogP contribution in [-0.4, -0.2) is 12.4 Å². The van der Waals surface area contributed by atoms with Crippen LogP contribution in [0.1, 0.15) is 19.3 Å². The molecule has 0 aromatic heterocycles. The molecule has 0 saturated carbocycles. The zero-order valence-electron chi connectivity index (χ0n) is 9.99. The Labute approximate surface area is 118 Å². The molecule has 0 spiro atoms. The second kappa shape index (κ2) is 7.85. The zero-order valence-corrected chi connectivity index (χ0v) is 11.1. The van der Waals surface area contributed by atoms with Crippen molar-refractivity contribution in [3.63, 3.8) is 0 Å². The molecule has 1 aliphatic carbocycles. The van der Waals surface area contributed by atoms with E-state index in [0.717, 1.165) is 19.4 Å². The zero-order chi connectivity index (χ0) is 11.9. The van der Waals surface area contributed by atoms with Crippen LogP contribution in [-0.2, 0) is 21.8 Å². The van der Waals surface area contributed by atoms with E-state index >= 15 is 0 Å². The molecule has 0 atom stereocenters. The summed E-state index contributed by atoms with van der Waals surface area (Å²) in [7, 11) is 0. The smallest absolute Gasteiger partial charge is 0.873 e. The molecule has 2 aliphatic rings. The van der Waals surface area contributed by atoms with Gasteiger partial charge < -0.3 is 9.84 Å². The van der Waals surface area contributed by atoms with E-state index in [9.17, 15) is 5.11 Å². The number of nitrogens with zero attached hydrogens (tertiary/aromatic N) is 1. The molecule has 1 aromatic carbocycles. The summed E-state index contributed by atoms with van der Waals surface area (Å²) < 4.78 is 5.31. The Balaban J connectivity index is 0.000000230. The van der Waals surface area contributed by atoms with E-state index in [-0.39, 0.29) is 22.8 Å². The summed E-state index contributed by atoms with van der Waals surface area (Å²) in [5, 5.41) is 11.1. The van der Waals surface area contributed by atoms with E-state index in [1.807, 2.05) is 36.4 Å². The quantitative estimate of drug-likeness (QED) is 0.586. The molecule has 0 unspecified atom stereocenters. The van der Waals surface area contributed by atoms with Gasteiger partial charge in [-0.25, -0.2) is 12.1 Å². The molecule has 0 amide bonds. The van der Waals surface area contributed by atoms with Gasteiger partial charge in [0.2, 0.25) is 0 Å². The van der Waals surface area contributed by atoms with Crippen LogP contribution in [0.3, 0.4) is 0 Å². The van der Waals surface area contributed by atoms with Gasteiger partial charge >= 0.3 is 17.1 Å². The summed E-state index contributed by atoms with van der Waals surface area (Å²) >= 11 is 0. The van der Waals surface area contributed by atoms with Crippen molar-refractivity contribution in [3.8, 4) is 0 Å². The van der Waals surface area contributed by atoms with E-state index < -0.39 is 0 Å². The summed E-state index contributed by atoms with van der Waals surface area (Å²) in [4.78, 5) is 4.12. The molecule has 1 aromatic rings. The fourth-order valence-electron chi connectivity index (χ4n) is 1.60. The van der Waals surface area contributed by atoms with Crippen molar-refractivity contribution in [2.45, 2.75) is 19.3 Å². The Hall–Kier alpha value is -1.38. The van der Waals surface area contributed by atoms with Gasteiger partial charge in [-0.05, 0) is 18.9 Å². The Morgan fingerprint density at radius 3 is 2.50 bits per heavy atom. The fraction of sp³-hybridized carbons (Fsp3) is 0.286. The normalized spacial score (nSPS) is 16.8. The maximum absolute atomic E-state index is 11.1. The van der Waals surface area contributed by atoms with Crippen LogP contribution in [0.4, 0.5) is 0 Å². The number of hydrogen-bond acceptors (Lipinski definition) is 3. The molecule has 4 heteroatoms. The minimum atomic E-state index is 0. The van der Waals surface area contributed by atoms with Crippen molar-refractivity contribution in [3.05, 3.63) is 54.0 Å². The minimum Gasteiger partial charge on any atom is -0.873 e.